The van der Waals surface area contributed by atoms with Crippen LogP contribution in [0.1, 0.15) is 32.0 Å². The van der Waals surface area contributed by atoms with Crippen molar-refractivity contribution in [1.82, 2.24) is 15.1 Å². The minimum Gasteiger partial charge on any atom is -0.444 e. The lowest BCUT2D eigenvalue weighted by Crippen LogP contribution is -2.32. The van der Waals surface area contributed by atoms with E-state index in [9.17, 15) is 4.79 Å². The van der Waals surface area contributed by atoms with Crippen LogP contribution in [-0.2, 0) is 17.8 Å². The second-order valence-electron chi connectivity index (χ2n) is 5.85. The first-order valence-corrected chi connectivity index (χ1v) is 6.95. The average Bonchev–Trinajstić information content (AvgIpc) is 2.83. The molecular weight excluding hydrogens is 266 g/mol. The Bertz CT molecular complexity index is 585. The molecule has 1 N–H and O–H groups in total. The molecule has 21 heavy (non-hydrogen) atoms. The van der Waals surface area contributed by atoms with E-state index in [1.807, 2.05) is 55.9 Å². The van der Waals surface area contributed by atoms with Crippen LogP contribution in [0.15, 0.2) is 42.6 Å². The molecule has 5 heteroatoms. The number of hydrogen-bond acceptors (Lipinski definition) is 3. The van der Waals surface area contributed by atoms with Gasteiger partial charge in [-0.3, -0.25) is 4.68 Å². The lowest BCUT2D eigenvalue weighted by atomic mass is 10.2. The van der Waals surface area contributed by atoms with E-state index >= 15 is 0 Å². The van der Waals surface area contributed by atoms with E-state index in [-0.39, 0.29) is 0 Å². The van der Waals surface area contributed by atoms with Crippen LogP contribution < -0.4 is 5.32 Å². The van der Waals surface area contributed by atoms with Gasteiger partial charge < -0.3 is 10.1 Å². The number of rotatable bonds is 4. The summed E-state index contributed by atoms with van der Waals surface area (Å²) in [4.78, 5) is 11.6. The van der Waals surface area contributed by atoms with Gasteiger partial charge >= 0.3 is 6.09 Å². The maximum absolute atomic E-state index is 11.6. The maximum Gasteiger partial charge on any atom is 0.407 e. The molecule has 112 valence electrons. The topological polar surface area (TPSA) is 56.1 Å². The van der Waals surface area contributed by atoms with Crippen molar-refractivity contribution in [3.8, 4) is 0 Å². The zero-order chi connectivity index (χ0) is 15.3. The van der Waals surface area contributed by atoms with Gasteiger partial charge in [-0.25, -0.2) is 4.79 Å². The number of nitrogens with one attached hydrogen (secondary N) is 1. The van der Waals surface area contributed by atoms with Crippen LogP contribution in [0.25, 0.3) is 0 Å². The summed E-state index contributed by atoms with van der Waals surface area (Å²) >= 11 is 0. The summed E-state index contributed by atoms with van der Waals surface area (Å²) in [5.74, 6) is 0. The molecule has 1 aromatic heterocycles. The number of carbonyl (C=O) groups excluding carboxylic acids is 1. The van der Waals surface area contributed by atoms with Crippen molar-refractivity contribution in [3.63, 3.8) is 0 Å². The molecule has 0 saturated carbocycles. The third kappa shape index (κ3) is 5.30. The van der Waals surface area contributed by atoms with Gasteiger partial charge in [0.1, 0.15) is 5.60 Å². The second kappa shape index (κ2) is 6.43. The molecule has 1 heterocycles. The van der Waals surface area contributed by atoms with Crippen LogP contribution in [0.2, 0.25) is 0 Å². The normalized spacial score (nSPS) is 11.2. The highest BCUT2D eigenvalue weighted by Crippen LogP contribution is 2.07. The molecule has 1 aromatic carbocycles. The number of ether oxygens (including phenoxy) is 1. The fourth-order valence-electron chi connectivity index (χ4n) is 1.83. The van der Waals surface area contributed by atoms with Crippen molar-refractivity contribution in [2.75, 3.05) is 0 Å². The van der Waals surface area contributed by atoms with Crippen molar-refractivity contribution >= 4 is 6.09 Å². The van der Waals surface area contributed by atoms with Gasteiger partial charge in [0.2, 0.25) is 0 Å². The highest BCUT2D eigenvalue weighted by atomic mass is 16.6. The number of amides is 1. The Morgan fingerprint density at radius 2 is 1.95 bits per heavy atom. The molecular formula is C16H21N3O2. The largest absolute Gasteiger partial charge is 0.444 e. The standard InChI is InChI=1S/C16H21N3O2/c1-16(2,3)21-15(20)17-11-14-9-10-19(18-14)12-13-7-5-4-6-8-13/h4-10H,11-12H2,1-3H3,(H,17,20). The highest BCUT2D eigenvalue weighted by molar-refractivity contribution is 5.67. The molecule has 0 unspecified atom stereocenters. The number of nitrogens with zero attached hydrogens (tertiary/aromatic N) is 2. The molecule has 0 spiro atoms. The van der Waals surface area contributed by atoms with E-state index in [1.165, 1.54) is 5.56 Å². The Hall–Kier alpha value is -2.30. The first-order chi connectivity index (χ1) is 9.92. The number of carbonyl (C=O) groups is 1. The first-order valence-electron chi connectivity index (χ1n) is 6.95. The molecule has 0 fully saturated rings. The van der Waals surface area contributed by atoms with Gasteiger partial charge in [0, 0.05) is 6.20 Å². The maximum atomic E-state index is 11.6. The van der Waals surface area contributed by atoms with Crippen LogP contribution in [0.4, 0.5) is 4.79 Å². The lowest BCUT2D eigenvalue weighted by molar-refractivity contribution is 0.0523. The van der Waals surface area contributed by atoms with Crippen LogP contribution in [0.5, 0.6) is 0 Å². The predicted molar refractivity (Wildman–Crippen MR) is 80.8 cm³/mol. The Morgan fingerprint density at radius 3 is 2.62 bits per heavy atom. The Kier molecular flexibility index (Phi) is 4.62. The van der Waals surface area contributed by atoms with Gasteiger partial charge in [0.25, 0.3) is 0 Å². The van der Waals surface area contributed by atoms with Crippen molar-refractivity contribution in [2.24, 2.45) is 0 Å². The number of hydrogen-bond donors (Lipinski definition) is 1. The summed E-state index contributed by atoms with van der Waals surface area (Å²) in [5.41, 5.74) is 1.50. The van der Waals surface area contributed by atoms with E-state index < -0.39 is 11.7 Å². The summed E-state index contributed by atoms with van der Waals surface area (Å²) in [7, 11) is 0. The van der Waals surface area contributed by atoms with Crippen molar-refractivity contribution in [2.45, 2.75) is 39.5 Å². The summed E-state index contributed by atoms with van der Waals surface area (Å²) < 4.78 is 7.03. The number of aromatic nitrogens is 2. The van der Waals surface area contributed by atoms with Gasteiger partial charge in [0.05, 0.1) is 18.8 Å². The molecule has 0 saturated heterocycles. The molecule has 2 aromatic rings. The van der Waals surface area contributed by atoms with Gasteiger partial charge in [-0.2, -0.15) is 5.10 Å². The first kappa shape index (κ1) is 15.1. The highest BCUT2D eigenvalue weighted by Gasteiger charge is 2.15. The minimum absolute atomic E-state index is 0.358. The average molecular weight is 287 g/mol. The summed E-state index contributed by atoms with van der Waals surface area (Å²) in [6.07, 6.45) is 1.47. The predicted octanol–water partition coefficient (Wildman–Crippen LogP) is 2.96. The summed E-state index contributed by atoms with van der Waals surface area (Å²) in [6.45, 7) is 6.58. The van der Waals surface area contributed by atoms with E-state index in [2.05, 4.69) is 22.5 Å². The van der Waals surface area contributed by atoms with Gasteiger partial charge in [-0.05, 0) is 32.4 Å². The van der Waals surface area contributed by atoms with Gasteiger partial charge in [-0.1, -0.05) is 30.3 Å². The molecule has 1 amide bonds. The zero-order valence-electron chi connectivity index (χ0n) is 12.7. The summed E-state index contributed by atoms with van der Waals surface area (Å²) in [6, 6.07) is 12.0. The molecule has 0 aliphatic heterocycles. The Labute approximate surface area is 124 Å². The van der Waals surface area contributed by atoms with Crippen molar-refractivity contribution in [3.05, 3.63) is 53.9 Å². The fraction of sp³-hybridized carbons (Fsp3) is 0.375. The fourth-order valence-corrected chi connectivity index (χ4v) is 1.83. The van der Waals surface area contributed by atoms with Crippen LogP contribution in [0, 0.1) is 0 Å². The van der Waals surface area contributed by atoms with E-state index in [0.717, 1.165) is 5.69 Å². The van der Waals surface area contributed by atoms with Gasteiger partial charge in [-0.15, -0.1) is 0 Å². The number of benzene rings is 1. The molecule has 0 radical (unpaired) electrons. The third-order valence-electron chi connectivity index (χ3n) is 2.70. The smallest absolute Gasteiger partial charge is 0.407 e. The Morgan fingerprint density at radius 1 is 1.24 bits per heavy atom. The third-order valence-corrected chi connectivity index (χ3v) is 2.70. The molecule has 2 rings (SSSR count). The number of alkyl carbamates (subject to hydrolysis) is 1. The van der Waals surface area contributed by atoms with Crippen LogP contribution in [0.3, 0.4) is 0 Å². The second-order valence-corrected chi connectivity index (χ2v) is 5.85. The van der Waals surface area contributed by atoms with E-state index in [0.29, 0.717) is 13.1 Å². The Balaban J connectivity index is 1.85. The monoisotopic (exact) mass is 287 g/mol. The van der Waals surface area contributed by atoms with Crippen molar-refractivity contribution in [1.29, 1.82) is 0 Å². The molecule has 5 nitrogen and oxygen atoms in total. The zero-order valence-corrected chi connectivity index (χ0v) is 12.7. The summed E-state index contributed by atoms with van der Waals surface area (Å²) in [5, 5.41) is 7.12. The quantitative estimate of drug-likeness (QED) is 0.940. The molecule has 0 atom stereocenters. The SMILES string of the molecule is CC(C)(C)OC(=O)NCc1ccn(Cc2ccccc2)n1. The van der Waals surface area contributed by atoms with Crippen LogP contribution >= 0.6 is 0 Å². The van der Waals surface area contributed by atoms with E-state index in [1.54, 1.807) is 0 Å². The molecule has 0 aliphatic carbocycles. The lowest BCUT2D eigenvalue weighted by Gasteiger charge is -2.19. The molecule has 0 aliphatic rings. The minimum atomic E-state index is -0.489. The van der Waals surface area contributed by atoms with Crippen molar-refractivity contribution < 1.29 is 9.53 Å². The molecule has 0 bridgehead atoms. The van der Waals surface area contributed by atoms with E-state index in [4.69, 9.17) is 4.74 Å². The van der Waals surface area contributed by atoms with Crippen LogP contribution in [-0.4, -0.2) is 21.5 Å². The van der Waals surface area contributed by atoms with Gasteiger partial charge in [0.15, 0.2) is 0 Å².